The molecule has 0 radical (unpaired) electrons. The number of hydrogen-bond acceptors (Lipinski definition) is 2. The topological polar surface area (TPSA) is 23.5 Å². The molecule has 0 unspecified atom stereocenters. The minimum atomic E-state index is 0.133. The Morgan fingerprint density at radius 3 is 2.55 bits per heavy atom. The van der Waals surface area contributed by atoms with Crippen molar-refractivity contribution in [1.29, 1.82) is 0 Å². The largest absolute Gasteiger partial charge is 0.395 e. The molecule has 0 saturated heterocycles. The molecule has 11 heavy (non-hydrogen) atoms. The maximum atomic E-state index is 8.64. The Balaban J connectivity index is 4.11. The van der Waals surface area contributed by atoms with Crippen molar-refractivity contribution in [2.75, 3.05) is 13.2 Å². The van der Waals surface area contributed by atoms with Crippen molar-refractivity contribution >= 4 is 0 Å². The quantitative estimate of drug-likeness (QED) is 0.605. The highest BCUT2D eigenvalue weighted by Gasteiger charge is 1.96. The Bertz CT molecular complexity index is 161. The molecule has 0 aromatic carbocycles. The minimum absolute atomic E-state index is 0.133. The molecule has 2 nitrogen and oxygen atoms in total. The summed E-state index contributed by atoms with van der Waals surface area (Å²) >= 11 is 0. The highest BCUT2D eigenvalue weighted by Crippen LogP contribution is 2.02. The van der Waals surface area contributed by atoms with Crippen molar-refractivity contribution in [3.8, 4) is 0 Å². The first-order valence-electron chi connectivity index (χ1n) is 3.55. The summed E-state index contributed by atoms with van der Waals surface area (Å²) in [5, 5.41) is 8.64. The molecule has 0 spiro atoms. The third-order valence-corrected chi connectivity index (χ3v) is 1.37. The molecule has 0 saturated carbocycles. The van der Waals surface area contributed by atoms with Crippen LogP contribution in [0.2, 0.25) is 0 Å². The van der Waals surface area contributed by atoms with Crippen molar-refractivity contribution < 1.29 is 5.11 Å². The van der Waals surface area contributed by atoms with E-state index in [2.05, 4.69) is 13.2 Å². The monoisotopic (exact) mass is 153 g/mol. The fraction of sp³-hybridized carbons (Fsp3) is 0.333. The van der Waals surface area contributed by atoms with Gasteiger partial charge in [-0.2, -0.15) is 0 Å². The molecular formula is C9H15NO. The third-order valence-electron chi connectivity index (χ3n) is 1.37. The molecule has 0 rings (SSSR count). The van der Waals surface area contributed by atoms with E-state index in [1.807, 2.05) is 17.9 Å². The molecule has 0 heterocycles. The molecule has 0 bridgehead atoms. The van der Waals surface area contributed by atoms with Crippen LogP contribution in [0.4, 0.5) is 0 Å². The van der Waals surface area contributed by atoms with E-state index >= 15 is 0 Å². The first kappa shape index (κ1) is 9.98. The fourth-order valence-electron chi connectivity index (χ4n) is 0.786. The van der Waals surface area contributed by atoms with Gasteiger partial charge in [0.25, 0.3) is 0 Å². The Hall–Kier alpha value is -1.02. The van der Waals surface area contributed by atoms with Crippen LogP contribution < -0.4 is 0 Å². The Morgan fingerprint density at radius 2 is 2.18 bits per heavy atom. The van der Waals surface area contributed by atoms with Crippen LogP contribution in [-0.4, -0.2) is 23.2 Å². The van der Waals surface area contributed by atoms with Gasteiger partial charge >= 0.3 is 0 Å². The zero-order chi connectivity index (χ0) is 8.69. The number of nitrogens with zero attached hydrogens (tertiary/aromatic N) is 1. The van der Waals surface area contributed by atoms with Crippen LogP contribution in [0.25, 0.3) is 0 Å². The lowest BCUT2D eigenvalue weighted by Gasteiger charge is -2.18. The Morgan fingerprint density at radius 1 is 1.55 bits per heavy atom. The van der Waals surface area contributed by atoms with Crippen LogP contribution in [0.1, 0.15) is 6.92 Å². The smallest absolute Gasteiger partial charge is 0.0610 e. The molecule has 0 fully saturated rings. The van der Waals surface area contributed by atoms with E-state index in [0.717, 1.165) is 5.70 Å². The second-order valence-electron chi connectivity index (χ2n) is 2.14. The molecular weight excluding hydrogens is 138 g/mol. The first-order valence-corrected chi connectivity index (χ1v) is 3.55. The summed E-state index contributed by atoms with van der Waals surface area (Å²) in [6.07, 6.45) is 5.27. The van der Waals surface area contributed by atoms with E-state index in [9.17, 15) is 0 Å². The summed E-state index contributed by atoms with van der Waals surface area (Å²) in [7, 11) is 0. The number of allylic oxidation sites excluding steroid dienone is 3. The standard InChI is InChI=1S/C9H15NO/c1-4-6-9(3)10(5-2)7-8-11/h4-6,11H,1-2,7-8H2,3H3/b9-6+. The van der Waals surface area contributed by atoms with Gasteiger partial charge < -0.3 is 10.0 Å². The van der Waals surface area contributed by atoms with Gasteiger partial charge in [0.15, 0.2) is 0 Å². The van der Waals surface area contributed by atoms with Crippen LogP contribution in [-0.2, 0) is 0 Å². The van der Waals surface area contributed by atoms with Crippen molar-refractivity contribution in [2.45, 2.75) is 6.92 Å². The number of hydrogen-bond donors (Lipinski definition) is 1. The van der Waals surface area contributed by atoms with E-state index in [4.69, 9.17) is 5.11 Å². The predicted molar refractivity (Wildman–Crippen MR) is 47.9 cm³/mol. The molecule has 0 amide bonds. The first-order chi connectivity index (χ1) is 5.26. The molecule has 0 aliphatic rings. The molecule has 62 valence electrons. The molecule has 0 aromatic rings. The summed E-state index contributed by atoms with van der Waals surface area (Å²) in [6, 6.07) is 0. The second kappa shape index (κ2) is 5.74. The number of aliphatic hydroxyl groups excluding tert-OH is 1. The van der Waals surface area contributed by atoms with Crippen LogP contribution >= 0.6 is 0 Å². The highest BCUT2D eigenvalue weighted by molar-refractivity contribution is 5.08. The lowest BCUT2D eigenvalue weighted by molar-refractivity contribution is 0.257. The summed E-state index contributed by atoms with van der Waals surface area (Å²) in [4.78, 5) is 1.86. The van der Waals surface area contributed by atoms with Gasteiger partial charge in [0, 0.05) is 12.2 Å². The summed E-state index contributed by atoms with van der Waals surface area (Å²) < 4.78 is 0. The molecule has 0 aromatic heterocycles. The van der Waals surface area contributed by atoms with Crippen LogP contribution in [0.3, 0.4) is 0 Å². The average Bonchev–Trinajstić information content (AvgIpc) is 2.00. The van der Waals surface area contributed by atoms with Crippen molar-refractivity contribution in [3.63, 3.8) is 0 Å². The second-order valence-corrected chi connectivity index (χ2v) is 2.14. The molecule has 0 atom stereocenters. The van der Waals surface area contributed by atoms with Crippen molar-refractivity contribution in [3.05, 3.63) is 37.2 Å². The Labute approximate surface area is 68.1 Å². The number of aliphatic hydroxyl groups is 1. The zero-order valence-electron chi connectivity index (χ0n) is 6.95. The summed E-state index contributed by atoms with van der Waals surface area (Å²) in [6.45, 7) is 9.86. The van der Waals surface area contributed by atoms with Gasteiger partial charge in [-0.05, 0) is 19.2 Å². The Kier molecular flexibility index (Phi) is 5.21. The van der Waals surface area contributed by atoms with E-state index < -0.39 is 0 Å². The van der Waals surface area contributed by atoms with Gasteiger partial charge in [0.05, 0.1) is 6.61 Å². The minimum Gasteiger partial charge on any atom is -0.395 e. The maximum Gasteiger partial charge on any atom is 0.0610 e. The van der Waals surface area contributed by atoms with Crippen LogP contribution in [0, 0.1) is 0 Å². The van der Waals surface area contributed by atoms with Gasteiger partial charge in [-0.15, -0.1) is 0 Å². The van der Waals surface area contributed by atoms with Gasteiger partial charge in [-0.25, -0.2) is 0 Å². The fourth-order valence-corrected chi connectivity index (χ4v) is 0.786. The SMILES string of the molecule is C=C/C=C(\C)N(C=C)CCO. The molecule has 1 N–H and O–H groups in total. The normalized spacial score (nSPS) is 10.9. The number of rotatable bonds is 5. The van der Waals surface area contributed by atoms with Gasteiger partial charge in [0.2, 0.25) is 0 Å². The lowest BCUT2D eigenvalue weighted by Crippen LogP contribution is -2.18. The molecule has 0 aliphatic carbocycles. The van der Waals surface area contributed by atoms with Gasteiger partial charge in [-0.3, -0.25) is 0 Å². The van der Waals surface area contributed by atoms with Gasteiger partial charge in [0.1, 0.15) is 0 Å². The molecule has 0 aliphatic heterocycles. The van der Waals surface area contributed by atoms with Crippen molar-refractivity contribution in [1.82, 2.24) is 4.90 Å². The van der Waals surface area contributed by atoms with E-state index in [0.29, 0.717) is 6.54 Å². The van der Waals surface area contributed by atoms with Gasteiger partial charge in [-0.1, -0.05) is 19.2 Å². The lowest BCUT2D eigenvalue weighted by atomic mass is 10.3. The zero-order valence-corrected chi connectivity index (χ0v) is 6.95. The van der Waals surface area contributed by atoms with E-state index in [1.165, 1.54) is 0 Å². The average molecular weight is 153 g/mol. The van der Waals surface area contributed by atoms with Crippen LogP contribution in [0.5, 0.6) is 0 Å². The maximum absolute atomic E-state index is 8.64. The van der Waals surface area contributed by atoms with E-state index in [-0.39, 0.29) is 6.61 Å². The summed E-state index contributed by atoms with van der Waals surface area (Å²) in [5.74, 6) is 0. The molecule has 2 heteroatoms. The highest BCUT2D eigenvalue weighted by atomic mass is 16.3. The van der Waals surface area contributed by atoms with Crippen LogP contribution in [0.15, 0.2) is 37.2 Å². The van der Waals surface area contributed by atoms with Crippen molar-refractivity contribution in [2.24, 2.45) is 0 Å². The van der Waals surface area contributed by atoms with E-state index in [1.54, 1.807) is 12.3 Å². The predicted octanol–water partition coefficient (Wildman–Crippen LogP) is 1.51. The summed E-state index contributed by atoms with van der Waals surface area (Å²) in [5.41, 5.74) is 1.03. The third kappa shape index (κ3) is 3.63.